The summed E-state index contributed by atoms with van der Waals surface area (Å²) in [5.74, 6) is -0.668. The van der Waals surface area contributed by atoms with E-state index >= 15 is 0 Å². The highest BCUT2D eigenvalue weighted by molar-refractivity contribution is 9.10. The van der Waals surface area contributed by atoms with Gasteiger partial charge in [-0.1, -0.05) is 17.7 Å². The second-order valence-electron chi connectivity index (χ2n) is 5.05. The second-order valence-corrected chi connectivity index (χ2v) is 6.25. The first-order chi connectivity index (χ1) is 10.7. The van der Waals surface area contributed by atoms with Gasteiger partial charge in [-0.15, -0.1) is 0 Å². The lowest BCUT2D eigenvalue weighted by molar-refractivity contribution is -0.390. The number of aryl methyl sites for hydroxylation is 1. The van der Waals surface area contributed by atoms with E-state index in [2.05, 4.69) is 26.3 Å². The molecular weight excluding hydrogens is 388 g/mol. The molecule has 2 aromatic rings. The van der Waals surface area contributed by atoms with Crippen molar-refractivity contribution in [3.63, 3.8) is 0 Å². The van der Waals surface area contributed by atoms with Gasteiger partial charge in [0.15, 0.2) is 0 Å². The highest BCUT2D eigenvalue weighted by Crippen LogP contribution is 2.29. The Balaban J connectivity index is 2.24. The largest absolute Gasteiger partial charge is 0.404 e. The fourth-order valence-corrected chi connectivity index (χ4v) is 2.59. The lowest BCUT2D eigenvalue weighted by Gasteiger charge is -2.12. The SMILES string of the molecule is Cc1ccc(NC(=O)[C@@H](C)n2nc([N+](=O)[O-])c(Br)c2C)cc1Cl. The van der Waals surface area contributed by atoms with Crippen LogP contribution in [0, 0.1) is 24.0 Å². The van der Waals surface area contributed by atoms with E-state index in [9.17, 15) is 14.9 Å². The minimum atomic E-state index is -0.722. The quantitative estimate of drug-likeness (QED) is 0.619. The molecule has 1 heterocycles. The standard InChI is InChI=1S/C14H14BrClN4O3/c1-7-4-5-10(6-11(7)16)17-14(21)9(3)19-8(2)12(15)13(18-19)20(22)23/h4-6,9H,1-3H3,(H,17,21)/t9-/m1/s1. The van der Waals surface area contributed by atoms with Crippen molar-refractivity contribution in [2.45, 2.75) is 26.8 Å². The van der Waals surface area contributed by atoms with Gasteiger partial charge < -0.3 is 15.4 Å². The topological polar surface area (TPSA) is 90.1 Å². The average Bonchev–Trinajstić information content (AvgIpc) is 2.78. The van der Waals surface area contributed by atoms with Crippen molar-refractivity contribution in [3.8, 4) is 0 Å². The van der Waals surface area contributed by atoms with Crippen LogP contribution in [-0.2, 0) is 4.79 Å². The highest BCUT2D eigenvalue weighted by atomic mass is 79.9. The number of nitrogens with one attached hydrogen (secondary N) is 1. The van der Waals surface area contributed by atoms with Crippen molar-refractivity contribution >= 4 is 44.9 Å². The van der Waals surface area contributed by atoms with Crippen LogP contribution in [0.4, 0.5) is 11.5 Å². The molecule has 0 radical (unpaired) electrons. The summed E-state index contributed by atoms with van der Waals surface area (Å²) in [5, 5.41) is 18.1. The summed E-state index contributed by atoms with van der Waals surface area (Å²) in [6.45, 7) is 5.12. The number of hydrogen-bond acceptors (Lipinski definition) is 4. The Morgan fingerprint density at radius 3 is 2.65 bits per heavy atom. The number of nitro groups is 1. The first-order valence-electron chi connectivity index (χ1n) is 6.68. The maximum Gasteiger partial charge on any atom is 0.404 e. The van der Waals surface area contributed by atoms with Crippen molar-refractivity contribution in [2.75, 3.05) is 5.32 Å². The zero-order valence-electron chi connectivity index (χ0n) is 12.6. The number of amides is 1. The Hall–Kier alpha value is -1.93. The molecule has 1 amide bonds. The van der Waals surface area contributed by atoms with E-state index in [0.29, 0.717) is 16.4 Å². The Labute approximate surface area is 145 Å². The Bertz CT molecular complexity index is 791. The molecule has 0 aliphatic rings. The summed E-state index contributed by atoms with van der Waals surface area (Å²) in [4.78, 5) is 22.7. The molecule has 122 valence electrons. The molecule has 0 spiro atoms. The molecule has 7 nitrogen and oxygen atoms in total. The molecule has 0 saturated carbocycles. The third kappa shape index (κ3) is 3.53. The van der Waals surface area contributed by atoms with E-state index in [1.54, 1.807) is 32.0 Å². The van der Waals surface area contributed by atoms with Crippen molar-refractivity contribution in [1.29, 1.82) is 0 Å². The Morgan fingerprint density at radius 2 is 2.13 bits per heavy atom. The van der Waals surface area contributed by atoms with Gasteiger partial charge in [-0.25, -0.2) is 0 Å². The van der Waals surface area contributed by atoms with Crippen LogP contribution < -0.4 is 5.32 Å². The van der Waals surface area contributed by atoms with Gasteiger partial charge in [0.05, 0.1) is 10.8 Å². The van der Waals surface area contributed by atoms with E-state index in [1.165, 1.54) is 4.68 Å². The maximum atomic E-state index is 12.4. The van der Waals surface area contributed by atoms with Gasteiger partial charge in [0.2, 0.25) is 0 Å². The van der Waals surface area contributed by atoms with Gasteiger partial charge in [-0.05, 0) is 59.3 Å². The van der Waals surface area contributed by atoms with Crippen molar-refractivity contribution in [1.82, 2.24) is 9.78 Å². The molecule has 0 unspecified atom stereocenters. The summed E-state index contributed by atoms with van der Waals surface area (Å²) in [5.41, 5.74) is 1.96. The minimum Gasteiger partial charge on any atom is -0.358 e. The van der Waals surface area contributed by atoms with Crippen LogP contribution in [0.1, 0.15) is 24.2 Å². The van der Waals surface area contributed by atoms with Crippen molar-refractivity contribution < 1.29 is 9.72 Å². The Morgan fingerprint density at radius 1 is 1.48 bits per heavy atom. The monoisotopic (exact) mass is 400 g/mol. The van der Waals surface area contributed by atoms with Crippen molar-refractivity contribution in [2.24, 2.45) is 0 Å². The van der Waals surface area contributed by atoms with Gasteiger partial charge in [0.25, 0.3) is 5.91 Å². The number of benzene rings is 1. The second kappa shape index (κ2) is 6.67. The number of carbonyl (C=O) groups excluding carboxylic acids is 1. The molecular formula is C14H14BrClN4O3. The zero-order chi connectivity index (χ0) is 17.3. The third-order valence-electron chi connectivity index (χ3n) is 3.42. The van der Waals surface area contributed by atoms with Gasteiger partial charge in [0.1, 0.15) is 10.5 Å². The van der Waals surface area contributed by atoms with Crippen LogP contribution in [0.3, 0.4) is 0 Å². The molecule has 1 N–H and O–H groups in total. The van der Waals surface area contributed by atoms with Gasteiger partial charge >= 0.3 is 5.82 Å². The average molecular weight is 402 g/mol. The minimum absolute atomic E-state index is 0.264. The smallest absolute Gasteiger partial charge is 0.358 e. The maximum absolute atomic E-state index is 12.4. The van der Waals surface area contributed by atoms with Crippen LogP contribution in [0.15, 0.2) is 22.7 Å². The van der Waals surface area contributed by atoms with Crippen LogP contribution in [0.5, 0.6) is 0 Å². The number of carbonyl (C=O) groups is 1. The fourth-order valence-electron chi connectivity index (χ4n) is 2.01. The van der Waals surface area contributed by atoms with E-state index in [0.717, 1.165) is 5.56 Å². The van der Waals surface area contributed by atoms with Crippen LogP contribution in [0.2, 0.25) is 5.02 Å². The molecule has 0 bridgehead atoms. The molecule has 0 aliphatic carbocycles. The Kier molecular flexibility index (Phi) is 5.06. The highest BCUT2D eigenvalue weighted by Gasteiger charge is 2.29. The van der Waals surface area contributed by atoms with Crippen LogP contribution in [0.25, 0.3) is 0 Å². The summed E-state index contributed by atoms with van der Waals surface area (Å²) in [7, 11) is 0. The van der Waals surface area contributed by atoms with E-state index < -0.39 is 11.0 Å². The molecule has 1 aromatic carbocycles. The summed E-state index contributed by atoms with van der Waals surface area (Å²) >= 11 is 9.16. The molecule has 0 saturated heterocycles. The third-order valence-corrected chi connectivity index (χ3v) is 4.75. The van der Waals surface area contributed by atoms with Crippen molar-refractivity contribution in [3.05, 3.63) is 49.1 Å². The lowest BCUT2D eigenvalue weighted by atomic mass is 10.2. The molecule has 1 atom stereocenters. The molecule has 0 aliphatic heterocycles. The number of aromatic nitrogens is 2. The predicted molar refractivity (Wildman–Crippen MR) is 90.8 cm³/mol. The first-order valence-corrected chi connectivity index (χ1v) is 7.85. The van der Waals surface area contributed by atoms with E-state index in [1.807, 2.05) is 6.92 Å². The number of nitrogens with zero attached hydrogens (tertiary/aromatic N) is 3. The van der Waals surface area contributed by atoms with Crippen LogP contribution in [-0.4, -0.2) is 20.6 Å². The predicted octanol–water partition coefficient (Wildman–Crippen LogP) is 4.02. The molecule has 2 rings (SSSR count). The van der Waals surface area contributed by atoms with E-state index in [-0.39, 0.29) is 16.2 Å². The molecule has 1 aromatic heterocycles. The zero-order valence-corrected chi connectivity index (χ0v) is 15.0. The molecule has 9 heteroatoms. The van der Waals surface area contributed by atoms with Crippen LogP contribution >= 0.6 is 27.5 Å². The first kappa shape index (κ1) is 17.4. The number of rotatable bonds is 4. The van der Waals surface area contributed by atoms with Gasteiger partial charge in [-0.2, -0.15) is 4.68 Å². The number of anilines is 1. The summed E-state index contributed by atoms with van der Waals surface area (Å²) in [6, 6.07) is 4.46. The van der Waals surface area contributed by atoms with E-state index in [4.69, 9.17) is 11.6 Å². The lowest BCUT2D eigenvalue weighted by Crippen LogP contribution is -2.25. The molecule has 23 heavy (non-hydrogen) atoms. The number of halogens is 2. The number of hydrogen-bond donors (Lipinski definition) is 1. The normalized spacial score (nSPS) is 12.0. The van der Waals surface area contributed by atoms with Gasteiger partial charge in [-0.3, -0.25) is 4.79 Å². The fraction of sp³-hybridized carbons (Fsp3) is 0.286. The molecule has 0 fully saturated rings. The summed E-state index contributed by atoms with van der Waals surface area (Å²) < 4.78 is 1.58. The summed E-state index contributed by atoms with van der Waals surface area (Å²) in [6.07, 6.45) is 0. The van der Waals surface area contributed by atoms with Gasteiger partial charge in [0, 0.05) is 10.7 Å².